The van der Waals surface area contributed by atoms with Crippen LogP contribution in [-0.4, -0.2) is 44.4 Å². The summed E-state index contributed by atoms with van der Waals surface area (Å²) in [5.41, 5.74) is -0.0708. The fourth-order valence-corrected chi connectivity index (χ4v) is 3.20. The maximum absolute atomic E-state index is 11.9. The Bertz CT molecular complexity index is 284. The van der Waals surface area contributed by atoms with Gasteiger partial charge in [-0.05, 0) is 32.2 Å². The molecule has 1 heterocycles. The Hall–Kier alpha value is -0.810. The molecule has 3 N–H and O–H groups in total. The maximum Gasteiger partial charge on any atom is 0.315 e. The van der Waals surface area contributed by atoms with Crippen LogP contribution in [0.25, 0.3) is 0 Å². The van der Waals surface area contributed by atoms with Gasteiger partial charge in [-0.1, -0.05) is 19.3 Å². The Kier molecular flexibility index (Phi) is 5.45. The Labute approximate surface area is 115 Å². The number of urea groups is 1. The minimum Gasteiger partial charge on any atom is -0.383 e. The Morgan fingerprint density at radius 1 is 1.32 bits per heavy atom. The van der Waals surface area contributed by atoms with Crippen LogP contribution in [0.1, 0.15) is 44.9 Å². The molecule has 2 amide bonds. The number of rotatable bonds is 5. The Morgan fingerprint density at radius 3 is 2.74 bits per heavy atom. The van der Waals surface area contributed by atoms with E-state index in [-0.39, 0.29) is 11.6 Å². The fraction of sp³-hybridized carbons (Fsp3) is 0.929. The van der Waals surface area contributed by atoms with E-state index >= 15 is 0 Å². The quantitative estimate of drug-likeness (QED) is 0.707. The van der Waals surface area contributed by atoms with Crippen molar-refractivity contribution in [2.45, 2.75) is 56.5 Å². The lowest BCUT2D eigenvalue weighted by Crippen LogP contribution is -2.55. The highest BCUT2D eigenvalue weighted by Gasteiger charge is 2.33. The molecule has 2 fully saturated rings. The van der Waals surface area contributed by atoms with Gasteiger partial charge in [0.05, 0.1) is 12.1 Å². The minimum atomic E-state index is -0.0708. The van der Waals surface area contributed by atoms with Gasteiger partial charge >= 0.3 is 6.03 Å². The monoisotopic (exact) mass is 269 g/mol. The molecule has 1 aliphatic heterocycles. The van der Waals surface area contributed by atoms with Gasteiger partial charge in [0.2, 0.25) is 0 Å². The van der Waals surface area contributed by atoms with Crippen LogP contribution in [0.5, 0.6) is 0 Å². The molecule has 19 heavy (non-hydrogen) atoms. The number of hydrogen-bond donors (Lipinski definition) is 3. The number of amides is 2. The second-order valence-electron chi connectivity index (χ2n) is 5.91. The number of carbonyl (C=O) groups excluding carboxylic acids is 1. The van der Waals surface area contributed by atoms with Crippen LogP contribution in [0.3, 0.4) is 0 Å². The molecule has 5 heteroatoms. The van der Waals surface area contributed by atoms with E-state index in [1.165, 1.54) is 19.3 Å². The van der Waals surface area contributed by atoms with Crippen molar-refractivity contribution in [1.29, 1.82) is 0 Å². The van der Waals surface area contributed by atoms with E-state index in [1.807, 2.05) is 0 Å². The summed E-state index contributed by atoms with van der Waals surface area (Å²) in [6.07, 6.45) is 8.23. The normalized spacial score (nSPS) is 28.3. The zero-order chi connectivity index (χ0) is 13.6. The molecule has 1 atom stereocenters. The summed E-state index contributed by atoms with van der Waals surface area (Å²) >= 11 is 0. The molecular formula is C14H27N3O2. The first-order valence-corrected chi connectivity index (χ1v) is 7.52. The van der Waals surface area contributed by atoms with Crippen molar-refractivity contribution in [2.24, 2.45) is 0 Å². The molecule has 0 aromatic carbocycles. The molecular weight excluding hydrogens is 242 g/mol. The summed E-state index contributed by atoms with van der Waals surface area (Å²) in [4.78, 5) is 11.9. The summed E-state index contributed by atoms with van der Waals surface area (Å²) in [6.45, 7) is 2.30. The molecule has 0 aromatic rings. The fourth-order valence-electron chi connectivity index (χ4n) is 3.20. The van der Waals surface area contributed by atoms with E-state index in [0.29, 0.717) is 19.2 Å². The van der Waals surface area contributed by atoms with Crippen LogP contribution >= 0.6 is 0 Å². The van der Waals surface area contributed by atoms with Gasteiger partial charge in [-0.25, -0.2) is 4.79 Å². The van der Waals surface area contributed by atoms with Crippen molar-refractivity contribution < 1.29 is 9.53 Å². The molecule has 0 spiro atoms. The molecule has 2 rings (SSSR count). The number of carbonyl (C=O) groups is 1. The average molecular weight is 269 g/mol. The van der Waals surface area contributed by atoms with Gasteiger partial charge in [0, 0.05) is 19.7 Å². The van der Waals surface area contributed by atoms with Crippen molar-refractivity contribution in [3.63, 3.8) is 0 Å². The van der Waals surface area contributed by atoms with Gasteiger partial charge < -0.3 is 20.7 Å². The molecule has 0 aromatic heterocycles. The molecule has 0 bridgehead atoms. The number of hydrogen-bond acceptors (Lipinski definition) is 3. The van der Waals surface area contributed by atoms with Crippen molar-refractivity contribution in [2.75, 3.05) is 26.8 Å². The van der Waals surface area contributed by atoms with Crippen LogP contribution in [-0.2, 0) is 4.74 Å². The summed E-state index contributed by atoms with van der Waals surface area (Å²) < 4.78 is 5.28. The minimum absolute atomic E-state index is 0.0314. The Morgan fingerprint density at radius 2 is 2.11 bits per heavy atom. The zero-order valence-electron chi connectivity index (χ0n) is 12.0. The van der Waals surface area contributed by atoms with Crippen LogP contribution in [0.4, 0.5) is 4.79 Å². The highest BCUT2D eigenvalue weighted by molar-refractivity contribution is 5.74. The van der Waals surface area contributed by atoms with Gasteiger partial charge in [0.25, 0.3) is 0 Å². The lowest BCUT2D eigenvalue weighted by atomic mass is 9.95. The van der Waals surface area contributed by atoms with Crippen LogP contribution < -0.4 is 16.0 Å². The summed E-state index contributed by atoms with van der Waals surface area (Å²) in [7, 11) is 1.71. The van der Waals surface area contributed by atoms with E-state index in [2.05, 4.69) is 16.0 Å². The van der Waals surface area contributed by atoms with Gasteiger partial charge in [-0.15, -0.1) is 0 Å². The van der Waals surface area contributed by atoms with E-state index in [0.717, 1.165) is 32.2 Å². The molecule has 2 aliphatic rings. The molecule has 0 radical (unpaired) electrons. The van der Waals surface area contributed by atoms with E-state index in [4.69, 9.17) is 4.74 Å². The molecule has 110 valence electrons. The van der Waals surface area contributed by atoms with Crippen molar-refractivity contribution in [1.82, 2.24) is 16.0 Å². The second kappa shape index (κ2) is 7.10. The van der Waals surface area contributed by atoms with Gasteiger partial charge in [-0.3, -0.25) is 0 Å². The highest BCUT2D eigenvalue weighted by Crippen LogP contribution is 2.19. The lowest BCUT2D eigenvalue weighted by Gasteiger charge is -2.30. The highest BCUT2D eigenvalue weighted by atomic mass is 16.5. The van der Waals surface area contributed by atoms with E-state index in [1.54, 1.807) is 7.11 Å². The molecule has 1 aliphatic carbocycles. The molecule has 1 saturated heterocycles. The number of nitrogens with one attached hydrogen (secondary N) is 3. The smallest absolute Gasteiger partial charge is 0.315 e. The maximum atomic E-state index is 11.9. The van der Waals surface area contributed by atoms with Gasteiger partial charge in [0.15, 0.2) is 0 Å². The SMILES string of the molecule is COCC1(CNC(=O)NC2CCCCC2)CCCN1. The standard InChI is InChI=1S/C14H27N3O2/c1-19-11-14(8-5-9-16-14)10-15-13(18)17-12-6-3-2-4-7-12/h12,16H,2-11H2,1H3,(H2,15,17,18). The first-order valence-electron chi connectivity index (χ1n) is 7.52. The predicted octanol–water partition coefficient (Wildman–Crippen LogP) is 1.39. The number of ether oxygens (including phenoxy) is 1. The Balaban J connectivity index is 1.72. The largest absolute Gasteiger partial charge is 0.383 e. The molecule has 1 saturated carbocycles. The third-order valence-electron chi connectivity index (χ3n) is 4.28. The zero-order valence-corrected chi connectivity index (χ0v) is 12.0. The summed E-state index contributed by atoms with van der Waals surface area (Å²) in [6, 6.07) is 0.333. The summed E-state index contributed by atoms with van der Waals surface area (Å²) in [5.74, 6) is 0. The van der Waals surface area contributed by atoms with E-state index in [9.17, 15) is 4.79 Å². The van der Waals surface area contributed by atoms with Crippen LogP contribution in [0, 0.1) is 0 Å². The van der Waals surface area contributed by atoms with Crippen molar-refractivity contribution in [3.05, 3.63) is 0 Å². The van der Waals surface area contributed by atoms with Gasteiger partial charge in [-0.2, -0.15) is 0 Å². The number of methoxy groups -OCH3 is 1. The lowest BCUT2D eigenvalue weighted by molar-refractivity contribution is 0.119. The predicted molar refractivity (Wildman–Crippen MR) is 75.3 cm³/mol. The van der Waals surface area contributed by atoms with Crippen molar-refractivity contribution >= 4 is 6.03 Å². The first-order chi connectivity index (χ1) is 9.24. The van der Waals surface area contributed by atoms with Gasteiger partial charge in [0.1, 0.15) is 0 Å². The van der Waals surface area contributed by atoms with Crippen LogP contribution in [0.2, 0.25) is 0 Å². The molecule has 1 unspecified atom stereocenters. The van der Waals surface area contributed by atoms with Crippen LogP contribution in [0.15, 0.2) is 0 Å². The average Bonchev–Trinajstić information content (AvgIpc) is 2.87. The van der Waals surface area contributed by atoms with Crippen molar-refractivity contribution in [3.8, 4) is 0 Å². The topological polar surface area (TPSA) is 62.4 Å². The third kappa shape index (κ3) is 4.35. The van der Waals surface area contributed by atoms with E-state index < -0.39 is 0 Å². The summed E-state index contributed by atoms with van der Waals surface area (Å²) in [5, 5.41) is 9.55. The first kappa shape index (κ1) is 14.6. The third-order valence-corrected chi connectivity index (χ3v) is 4.28. The second-order valence-corrected chi connectivity index (χ2v) is 5.91. The molecule has 5 nitrogen and oxygen atoms in total.